The molecular formula is C9H6ClNOS2. The molecule has 0 unspecified atom stereocenters. The lowest BCUT2D eigenvalue weighted by atomic mass is 10.3. The Morgan fingerprint density at radius 3 is 2.71 bits per heavy atom. The van der Waals surface area contributed by atoms with Crippen molar-refractivity contribution in [1.82, 2.24) is 4.98 Å². The summed E-state index contributed by atoms with van der Waals surface area (Å²) in [5.41, 5.74) is 1.80. The fourth-order valence-corrected chi connectivity index (χ4v) is 2.62. The van der Waals surface area contributed by atoms with E-state index in [4.69, 9.17) is 11.6 Å². The minimum atomic E-state index is 0.00239. The zero-order valence-electron chi connectivity index (χ0n) is 7.28. The first-order chi connectivity index (χ1) is 6.66. The Balaban J connectivity index is 2.38. The normalized spacial score (nSPS) is 10.4. The quantitative estimate of drug-likeness (QED) is 0.753. The molecule has 2 rings (SSSR count). The van der Waals surface area contributed by atoms with Crippen LogP contribution in [0.4, 0.5) is 0 Å². The van der Waals surface area contributed by atoms with Crippen LogP contribution in [-0.4, -0.2) is 10.8 Å². The van der Waals surface area contributed by atoms with E-state index in [1.165, 1.54) is 29.6 Å². The van der Waals surface area contributed by atoms with Crippen molar-refractivity contribution >= 4 is 40.1 Å². The molecule has 2 nitrogen and oxygen atoms in total. The SMILES string of the molecule is CC(=O)c1nc(-c2csc(Cl)c2)cs1. The highest BCUT2D eigenvalue weighted by Crippen LogP contribution is 2.29. The summed E-state index contributed by atoms with van der Waals surface area (Å²) in [5.74, 6) is 0.00239. The number of thiazole rings is 1. The molecule has 2 aromatic heterocycles. The summed E-state index contributed by atoms with van der Waals surface area (Å²) in [4.78, 5) is 15.2. The van der Waals surface area contributed by atoms with E-state index in [0.717, 1.165) is 15.6 Å². The van der Waals surface area contributed by atoms with Crippen LogP contribution in [0.5, 0.6) is 0 Å². The van der Waals surface area contributed by atoms with Gasteiger partial charge >= 0.3 is 0 Å². The van der Waals surface area contributed by atoms with Gasteiger partial charge in [0.2, 0.25) is 0 Å². The molecule has 0 saturated carbocycles. The van der Waals surface area contributed by atoms with Crippen molar-refractivity contribution in [3.05, 3.63) is 26.2 Å². The van der Waals surface area contributed by atoms with Gasteiger partial charge in [-0.2, -0.15) is 0 Å². The van der Waals surface area contributed by atoms with E-state index in [0.29, 0.717) is 5.01 Å². The van der Waals surface area contributed by atoms with E-state index in [1.807, 2.05) is 16.8 Å². The van der Waals surface area contributed by atoms with E-state index >= 15 is 0 Å². The molecular weight excluding hydrogens is 238 g/mol. The third kappa shape index (κ3) is 1.87. The van der Waals surface area contributed by atoms with Crippen LogP contribution in [0.15, 0.2) is 16.8 Å². The summed E-state index contributed by atoms with van der Waals surface area (Å²) in [6.07, 6.45) is 0. The van der Waals surface area contributed by atoms with Crippen LogP contribution < -0.4 is 0 Å². The molecule has 0 spiro atoms. The number of ketones is 1. The first kappa shape index (κ1) is 9.83. The van der Waals surface area contributed by atoms with E-state index in [1.54, 1.807) is 0 Å². The summed E-state index contributed by atoms with van der Waals surface area (Å²) in [5, 5.41) is 4.35. The lowest BCUT2D eigenvalue weighted by Gasteiger charge is -1.87. The maximum atomic E-state index is 11.0. The van der Waals surface area contributed by atoms with E-state index in [2.05, 4.69) is 4.98 Å². The van der Waals surface area contributed by atoms with Crippen molar-refractivity contribution in [2.75, 3.05) is 0 Å². The minimum absolute atomic E-state index is 0.00239. The Bertz CT molecular complexity index is 475. The van der Waals surface area contributed by atoms with E-state index in [-0.39, 0.29) is 5.78 Å². The smallest absolute Gasteiger partial charge is 0.188 e. The van der Waals surface area contributed by atoms with Crippen molar-refractivity contribution in [2.24, 2.45) is 0 Å². The molecule has 0 amide bonds. The third-order valence-electron chi connectivity index (χ3n) is 1.67. The molecule has 0 N–H and O–H groups in total. The number of hydrogen-bond acceptors (Lipinski definition) is 4. The summed E-state index contributed by atoms with van der Waals surface area (Å²) >= 11 is 8.63. The Morgan fingerprint density at radius 1 is 1.43 bits per heavy atom. The van der Waals surface area contributed by atoms with Gasteiger partial charge in [-0.25, -0.2) is 4.98 Å². The van der Waals surface area contributed by atoms with Crippen LogP contribution in [-0.2, 0) is 0 Å². The first-order valence-electron chi connectivity index (χ1n) is 3.87. The van der Waals surface area contributed by atoms with Gasteiger partial charge in [0, 0.05) is 23.2 Å². The maximum Gasteiger partial charge on any atom is 0.188 e. The average Bonchev–Trinajstić information content (AvgIpc) is 2.70. The van der Waals surface area contributed by atoms with Crippen LogP contribution in [0.25, 0.3) is 11.3 Å². The van der Waals surface area contributed by atoms with Crippen LogP contribution in [0.3, 0.4) is 0 Å². The fraction of sp³-hybridized carbons (Fsp3) is 0.111. The maximum absolute atomic E-state index is 11.0. The van der Waals surface area contributed by atoms with Gasteiger partial charge < -0.3 is 0 Å². The van der Waals surface area contributed by atoms with Gasteiger partial charge in [0.1, 0.15) is 0 Å². The van der Waals surface area contributed by atoms with E-state index < -0.39 is 0 Å². The molecule has 14 heavy (non-hydrogen) atoms. The lowest BCUT2D eigenvalue weighted by Crippen LogP contribution is -1.89. The number of carbonyl (C=O) groups excluding carboxylic acids is 1. The van der Waals surface area contributed by atoms with Gasteiger partial charge in [0.05, 0.1) is 10.0 Å². The topological polar surface area (TPSA) is 30.0 Å². The summed E-state index contributed by atoms with van der Waals surface area (Å²) in [6.45, 7) is 1.52. The number of Topliss-reactive ketones (excluding diaryl/α,β-unsaturated/α-hetero) is 1. The second kappa shape index (κ2) is 3.81. The molecule has 5 heteroatoms. The number of thiophene rings is 1. The largest absolute Gasteiger partial charge is 0.292 e. The molecule has 0 aliphatic heterocycles. The number of aromatic nitrogens is 1. The van der Waals surface area contributed by atoms with Gasteiger partial charge in [-0.3, -0.25) is 4.79 Å². The van der Waals surface area contributed by atoms with E-state index in [9.17, 15) is 4.79 Å². The number of carbonyl (C=O) groups is 1. The molecule has 0 aromatic carbocycles. The number of nitrogens with zero attached hydrogens (tertiary/aromatic N) is 1. The Labute approximate surface area is 94.2 Å². The van der Waals surface area contributed by atoms with Gasteiger partial charge in [0.25, 0.3) is 0 Å². The summed E-state index contributed by atoms with van der Waals surface area (Å²) in [7, 11) is 0. The van der Waals surface area contributed by atoms with Gasteiger partial charge in [0.15, 0.2) is 10.8 Å². The predicted molar refractivity (Wildman–Crippen MR) is 60.4 cm³/mol. The molecule has 0 atom stereocenters. The molecule has 0 bridgehead atoms. The van der Waals surface area contributed by atoms with Crippen molar-refractivity contribution in [1.29, 1.82) is 0 Å². The van der Waals surface area contributed by atoms with Crippen molar-refractivity contribution in [3.8, 4) is 11.3 Å². The van der Waals surface area contributed by atoms with Crippen LogP contribution in [0, 0.1) is 0 Å². The standard InChI is InChI=1S/C9H6ClNOS2/c1-5(12)9-11-7(4-14-9)6-2-8(10)13-3-6/h2-4H,1H3. The zero-order chi connectivity index (χ0) is 10.1. The fourth-order valence-electron chi connectivity index (χ4n) is 1.01. The van der Waals surface area contributed by atoms with Gasteiger partial charge in [-0.1, -0.05) is 11.6 Å². The number of halogens is 1. The van der Waals surface area contributed by atoms with Crippen LogP contribution in [0.2, 0.25) is 4.34 Å². The predicted octanol–water partition coefficient (Wildman–Crippen LogP) is 3.73. The first-order valence-corrected chi connectivity index (χ1v) is 6.01. The van der Waals surface area contributed by atoms with Gasteiger partial charge in [-0.15, -0.1) is 22.7 Å². The second-order valence-corrected chi connectivity index (χ2v) is 5.13. The second-order valence-electron chi connectivity index (χ2n) is 2.73. The highest BCUT2D eigenvalue weighted by molar-refractivity contribution is 7.15. The lowest BCUT2D eigenvalue weighted by molar-refractivity contribution is 0.101. The monoisotopic (exact) mass is 243 g/mol. The Kier molecular flexibility index (Phi) is 2.67. The Hall–Kier alpha value is -0.710. The molecule has 2 heterocycles. The molecule has 2 aromatic rings. The van der Waals surface area contributed by atoms with Crippen LogP contribution in [0.1, 0.15) is 16.7 Å². The highest BCUT2D eigenvalue weighted by atomic mass is 35.5. The summed E-state index contributed by atoms with van der Waals surface area (Å²) < 4.78 is 0.734. The zero-order valence-corrected chi connectivity index (χ0v) is 9.67. The number of hydrogen-bond donors (Lipinski definition) is 0. The summed E-state index contributed by atoms with van der Waals surface area (Å²) in [6, 6.07) is 1.85. The molecule has 0 aliphatic carbocycles. The molecule has 0 fully saturated rings. The highest BCUT2D eigenvalue weighted by Gasteiger charge is 2.08. The minimum Gasteiger partial charge on any atom is -0.292 e. The van der Waals surface area contributed by atoms with Crippen LogP contribution >= 0.6 is 34.3 Å². The third-order valence-corrected chi connectivity index (χ3v) is 3.70. The molecule has 72 valence electrons. The molecule has 0 aliphatic rings. The van der Waals surface area contributed by atoms with Crippen molar-refractivity contribution < 1.29 is 4.79 Å². The Morgan fingerprint density at radius 2 is 2.21 bits per heavy atom. The average molecular weight is 244 g/mol. The molecule has 0 radical (unpaired) electrons. The number of rotatable bonds is 2. The van der Waals surface area contributed by atoms with Crippen molar-refractivity contribution in [3.63, 3.8) is 0 Å². The van der Waals surface area contributed by atoms with Gasteiger partial charge in [-0.05, 0) is 6.07 Å². The molecule has 0 saturated heterocycles. The van der Waals surface area contributed by atoms with Crippen molar-refractivity contribution in [2.45, 2.75) is 6.92 Å².